The second kappa shape index (κ2) is 6.45. The first-order valence-corrected chi connectivity index (χ1v) is 6.98. The van der Waals surface area contributed by atoms with Gasteiger partial charge in [-0.05, 0) is 31.9 Å². The number of nitrogens with zero attached hydrogens (tertiary/aromatic N) is 1. The molecule has 1 atom stereocenters. The van der Waals surface area contributed by atoms with Gasteiger partial charge in [-0.15, -0.1) is 0 Å². The SMILES string of the molecule is CCN(CC)C(=O)NC[C@@H]1COc2ccccc2C1. The first-order chi connectivity index (χ1) is 9.24. The lowest BCUT2D eigenvalue weighted by atomic mass is 9.97. The van der Waals surface area contributed by atoms with Crippen molar-refractivity contribution in [2.45, 2.75) is 20.3 Å². The molecule has 0 aliphatic carbocycles. The summed E-state index contributed by atoms with van der Waals surface area (Å²) in [6.07, 6.45) is 0.967. The van der Waals surface area contributed by atoms with Crippen LogP contribution in [0.5, 0.6) is 5.75 Å². The Bertz CT molecular complexity index is 430. The number of ether oxygens (including phenoxy) is 1. The van der Waals surface area contributed by atoms with Crippen molar-refractivity contribution in [2.24, 2.45) is 5.92 Å². The lowest BCUT2D eigenvalue weighted by Gasteiger charge is -2.26. The number of benzene rings is 1. The van der Waals surface area contributed by atoms with Crippen LogP contribution in [0.4, 0.5) is 4.79 Å². The second-order valence-corrected chi connectivity index (χ2v) is 4.85. The largest absolute Gasteiger partial charge is 0.493 e. The Morgan fingerprint density at radius 1 is 1.37 bits per heavy atom. The molecule has 1 aromatic rings. The Labute approximate surface area is 114 Å². The normalized spacial score (nSPS) is 17.3. The fraction of sp³-hybridized carbons (Fsp3) is 0.533. The van der Waals surface area contributed by atoms with Gasteiger partial charge in [-0.1, -0.05) is 18.2 Å². The molecular formula is C15H22N2O2. The van der Waals surface area contributed by atoms with E-state index in [-0.39, 0.29) is 6.03 Å². The van der Waals surface area contributed by atoms with Gasteiger partial charge in [0.05, 0.1) is 6.61 Å². The average Bonchev–Trinajstić information content (AvgIpc) is 2.46. The van der Waals surface area contributed by atoms with Gasteiger partial charge in [-0.2, -0.15) is 0 Å². The minimum atomic E-state index is 0.0175. The number of rotatable bonds is 4. The first-order valence-electron chi connectivity index (χ1n) is 6.98. The summed E-state index contributed by atoms with van der Waals surface area (Å²) in [5.41, 5.74) is 1.23. The van der Waals surface area contributed by atoms with Crippen molar-refractivity contribution in [2.75, 3.05) is 26.2 Å². The minimum absolute atomic E-state index is 0.0175. The molecule has 1 aliphatic rings. The van der Waals surface area contributed by atoms with Crippen LogP contribution >= 0.6 is 0 Å². The van der Waals surface area contributed by atoms with E-state index in [4.69, 9.17) is 4.74 Å². The molecule has 2 amide bonds. The van der Waals surface area contributed by atoms with E-state index in [2.05, 4.69) is 11.4 Å². The number of carbonyl (C=O) groups excluding carboxylic acids is 1. The number of hydrogen-bond acceptors (Lipinski definition) is 2. The molecule has 0 aromatic heterocycles. The van der Waals surface area contributed by atoms with Crippen LogP contribution in [-0.4, -0.2) is 37.2 Å². The number of nitrogens with one attached hydrogen (secondary N) is 1. The quantitative estimate of drug-likeness (QED) is 0.904. The maximum absolute atomic E-state index is 11.9. The summed E-state index contributed by atoms with van der Waals surface area (Å²) in [6, 6.07) is 8.12. The third kappa shape index (κ3) is 3.40. The number of para-hydroxylation sites is 1. The van der Waals surface area contributed by atoms with Crippen molar-refractivity contribution in [3.8, 4) is 5.75 Å². The van der Waals surface area contributed by atoms with E-state index in [1.807, 2.05) is 32.0 Å². The summed E-state index contributed by atoms with van der Waals surface area (Å²) in [7, 11) is 0. The highest BCUT2D eigenvalue weighted by molar-refractivity contribution is 5.74. The third-order valence-corrected chi connectivity index (χ3v) is 3.55. The zero-order valence-electron chi connectivity index (χ0n) is 11.7. The Hall–Kier alpha value is -1.71. The summed E-state index contributed by atoms with van der Waals surface area (Å²) >= 11 is 0. The molecule has 104 valence electrons. The Morgan fingerprint density at radius 3 is 2.84 bits per heavy atom. The monoisotopic (exact) mass is 262 g/mol. The minimum Gasteiger partial charge on any atom is -0.493 e. The molecule has 1 heterocycles. The lowest BCUT2D eigenvalue weighted by molar-refractivity contribution is 0.190. The molecule has 0 saturated carbocycles. The summed E-state index contributed by atoms with van der Waals surface area (Å²) in [6.45, 7) is 6.81. The summed E-state index contributed by atoms with van der Waals surface area (Å²) in [5, 5.41) is 2.99. The highest BCUT2D eigenvalue weighted by Crippen LogP contribution is 2.26. The van der Waals surface area contributed by atoms with E-state index < -0.39 is 0 Å². The van der Waals surface area contributed by atoms with Crippen LogP contribution in [0.3, 0.4) is 0 Å². The third-order valence-electron chi connectivity index (χ3n) is 3.55. The molecule has 0 unspecified atom stereocenters. The van der Waals surface area contributed by atoms with Gasteiger partial charge in [0.15, 0.2) is 0 Å². The maximum Gasteiger partial charge on any atom is 0.317 e. The topological polar surface area (TPSA) is 41.6 Å². The van der Waals surface area contributed by atoms with E-state index >= 15 is 0 Å². The van der Waals surface area contributed by atoms with Gasteiger partial charge >= 0.3 is 6.03 Å². The van der Waals surface area contributed by atoms with E-state index in [1.165, 1.54) is 5.56 Å². The Kier molecular flexibility index (Phi) is 4.66. The van der Waals surface area contributed by atoms with Crippen LogP contribution in [-0.2, 0) is 6.42 Å². The van der Waals surface area contributed by atoms with Crippen LogP contribution in [0.1, 0.15) is 19.4 Å². The predicted octanol–water partition coefficient (Wildman–Crippen LogP) is 2.29. The fourth-order valence-electron chi connectivity index (χ4n) is 2.38. The molecule has 0 spiro atoms. The van der Waals surface area contributed by atoms with E-state index in [0.717, 1.165) is 25.3 Å². The average molecular weight is 262 g/mol. The van der Waals surface area contributed by atoms with Crippen LogP contribution < -0.4 is 10.1 Å². The van der Waals surface area contributed by atoms with Gasteiger partial charge < -0.3 is 15.0 Å². The molecule has 1 aromatic carbocycles. The molecule has 4 nitrogen and oxygen atoms in total. The number of hydrogen-bond donors (Lipinski definition) is 1. The molecule has 2 rings (SSSR count). The van der Waals surface area contributed by atoms with Crippen LogP contribution in [0.2, 0.25) is 0 Å². The van der Waals surface area contributed by atoms with E-state index in [0.29, 0.717) is 19.1 Å². The molecule has 1 N–H and O–H groups in total. The summed E-state index contributed by atoms with van der Waals surface area (Å²) in [5.74, 6) is 1.34. The summed E-state index contributed by atoms with van der Waals surface area (Å²) in [4.78, 5) is 13.7. The standard InChI is InChI=1S/C15H22N2O2/c1-3-17(4-2)15(18)16-10-12-9-13-7-5-6-8-14(13)19-11-12/h5-8,12H,3-4,9-11H2,1-2H3,(H,16,18)/t12-/m1/s1. The Balaban J connectivity index is 1.84. The molecule has 1 aliphatic heterocycles. The molecule has 0 saturated heterocycles. The molecule has 19 heavy (non-hydrogen) atoms. The number of amides is 2. The summed E-state index contributed by atoms with van der Waals surface area (Å²) < 4.78 is 5.72. The molecular weight excluding hydrogens is 240 g/mol. The van der Waals surface area contributed by atoms with Crippen molar-refractivity contribution < 1.29 is 9.53 Å². The zero-order chi connectivity index (χ0) is 13.7. The van der Waals surface area contributed by atoms with Crippen LogP contribution in [0.25, 0.3) is 0 Å². The highest BCUT2D eigenvalue weighted by Gasteiger charge is 2.20. The first kappa shape index (κ1) is 13.7. The second-order valence-electron chi connectivity index (χ2n) is 4.85. The molecule has 0 radical (unpaired) electrons. The maximum atomic E-state index is 11.9. The van der Waals surface area contributed by atoms with E-state index in [9.17, 15) is 4.79 Å². The van der Waals surface area contributed by atoms with Crippen molar-refractivity contribution in [1.82, 2.24) is 10.2 Å². The molecule has 0 bridgehead atoms. The van der Waals surface area contributed by atoms with Crippen molar-refractivity contribution in [3.63, 3.8) is 0 Å². The number of urea groups is 1. The van der Waals surface area contributed by atoms with Crippen LogP contribution in [0.15, 0.2) is 24.3 Å². The van der Waals surface area contributed by atoms with Gasteiger partial charge in [0, 0.05) is 25.6 Å². The van der Waals surface area contributed by atoms with Crippen molar-refractivity contribution in [1.29, 1.82) is 0 Å². The van der Waals surface area contributed by atoms with Gasteiger partial charge in [0.1, 0.15) is 5.75 Å². The number of carbonyl (C=O) groups is 1. The molecule has 0 fully saturated rings. The van der Waals surface area contributed by atoms with Crippen molar-refractivity contribution in [3.05, 3.63) is 29.8 Å². The predicted molar refractivity (Wildman–Crippen MR) is 75.5 cm³/mol. The molecule has 4 heteroatoms. The lowest BCUT2D eigenvalue weighted by Crippen LogP contribution is -2.43. The van der Waals surface area contributed by atoms with Gasteiger partial charge in [0.2, 0.25) is 0 Å². The zero-order valence-corrected chi connectivity index (χ0v) is 11.7. The van der Waals surface area contributed by atoms with E-state index in [1.54, 1.807) is 4.90 Å². The Morgan fingerprint density at radius 2 is 2.11 bits per heavy atom. The fourth-order valence-corrected chi connectivity index (χ4v) is 2.38. The van der Waals surface area contributed by atoms with Crippen molar-refractivity contribution >= 4 is 6.03 Å². The number of fused-ring (bicyclic) bond motifs is 1. The van der Waals surface area contributed by atoms with Crippen LogP contribution in [0, 0.1) is 5.92 Å². The van der Waals surface area contributed by atoms with Gasteiger partial charge in [-0.3, -0.25) is 0 Å². The smallest absolute Gasteiger partial charge is 0.317 e. The highest BCUT2D eigenvalue weighted by atomic mass is 16.5. The van der Waals surface area contributed by atoms with Gasteiger partial charge in [-0.25, -0.2) is 4.79 Å². The van der Waals surface area contributed by atoms with Gasteiger partial charge in [0.25, 0.3) is 0 Å².